The summed E-state index contributed by atoms with van der Waals surface area (Å²) in [7, 11) is 0. The molecular formula is C47H60FN13O4. The van der Waals surface area contributed by atoms with Crippen molar-refractivity contribution in [3.8, 4) is 22.8 Å². The van der Waals surface area contributed by atoms with Gasteiger partial charge in [0.1, 0.15) is 35.4 Å². The van der Waals surface area contributed by atoms with Crippen molar-refractivity contribution >= 4 is 45.9 Å². The van der Waals surface area contributed by atoms with Crippen LogP contribution in [0.15, 0.2) is 41.4 Å². The normalized spacial score (nSPS) is 18.8. The Morgan fingerprint density at radius 1 is 0.892 bits per heavy atom. The number of aromatic nitrogens is 7. The molecule has 4 fully saturated rings. The number of nitrogens with one attached hydrogen (secondary N) is 2. The number of fused-ring (bicyclic) bond motifs is 1. The summed E-state index contributed by atoms with van der Waals surface area (Å²) in [6, 6.07) is 4.50. The SMILES string of the molecule is CC(C)n1nc(-c2noc(C3CC3)c2-c2ncc(C3CCN(C(=O)CCCCCCCCN4CCN(c5ccc(N[C@H]6CCC(=O)NC6=O)cc5F)CC4)CC3)cn2)c2c(N)ncnc21. The lowest BCUT2D eigenvalue weighted by Gasteiger charge is -2.36. The number of benzene rings is 1. The third-order valence-electron chi connectivity index (χ3n) is 13.5. The van der Waals surface area contributed by atoms with Gasteiger partial charge in [-0.25, -0.2) is 29.0 Å². The zero-order valence-corrected chi connectivity index (χ0v) is 37.5. The van der Waals surface area contributed by atoms with Crippen LogP contribution in [0.4, 0.5) is 21.6 Å². The van der Waals surface area contributed by atoms with E-state index in [1.54, 1.807) is 12.1 Å². The first-order chi connectivity index (χ1) is 31.6. The first kappa shape index (κ1) is 44.2. The molecule has 0 spiro atoms. The first-order valence-corrected chi connectivity index (χ1v) is 23.6. The summed E-state index contributed by atoms with van der Waals surface area (Å²) in [5.41, 5.74) is 11.0. The minimum Gasteiger partial charge on any atom is -0.383 e. The molecule has 1 aliphatic carbocycles. The smallest absolute Gasteiger partial charge is 0.249 e. The van der Waals surface area contributed by atoms with E-state index >= 15 is 4.39 Å². The van der Waals surface area contributed by atoms with Crippen LogP contribution >= 0.6 is 0 Å². The molecule has 1 atom stereocenters. The van der Waals surface area contributed by atoms with Crippen LogP contribution in [0.3, 0.4) is 0 Å². The number of rotatable bonds is 17. The molecule has 0 radical (unpaired) electrons. The molecular weight excluding hydrogens is 830 g/mol. The summed E-state index contributed by atoms with van der Waals surface area (Å²) >= 11 is 0. The average molecular weight is 890 g/mol. The molecule has 18 heteroatoms. The van der Waals surface area contributed by atoms with Gasteiger partial charge in [-0.3, -0.25) is 24.6 Å². The minimum atomic E-state index is -0.543. The summed E-state index contributed by atoms with van der Waals surface area (Å²) in [5, 5.41) is 15.4. The van der Waals surface area contributed by atoms with Gasteiger partial charge in [0.2, 0.25) is 17.7 Å². The fraction of sp³-hybridized carbons (Fsp3) is 0.553. The highest BCUT2D eigenvalue weighted by atomic mass is 19.1. The van der Waals surface area contributed by atoms with Crippen LogP contribution in [0.2, 0.25) is 0 Å². The topological polar surface area (TPSA) is 206 Å². The van der Waals surface area contributed by atoms with Crippen LogP contribution in [0.5, 0.6) is 0 Å². The minimum absolute atomic E-state index is 0.0416. The lowest BCUT2D eigenvalue weighted by Crippen LogP contribution is -2.47. The number of likely N-dealkylation sites (tertiary alicyclic amines) is 1. The Morgan fingerprint density at radius 3 is 2.34 bits per heavy atom. The Bertz CT molecular complexity index is 2490. The highest BCUT2D eigenvalue weighted by Gasteiger charge is 2.36. The van der Waals surface area contributed by atoms with Gasteiger partial charge in [-0.1, -0.05) is 30.8 Å². The van der Waals surface area contributed by atoms with Crippen LogP contribution in [-0.4, -0.2) is 114 Å². The molecule has 3 amide bonds. The molecule has 9 rings (SSSR count). The standard InChI is InChI=1S/C47H60FN13O4/c1-29(2)61-46-40(44(49)52-28-53-46)41(56-61)42-39(43(65-57-42)31-10-11-31)45-50-26-32(27-51-45)30-16-19-60(20-17-30)38(63)9-7-5-3-4-6-8-18-58-21-23-59(24-22-58)36-14-12-33(25-34(36)48)54-35-13-15-37(62)55-47(35)64/h12,14,25-31,35,54H,3-11,13,15-24H2,1-2H3,(H2,49,52,53)(H,55,62,64)/t35-/m0/s1. The number of unbranched alkanes of at least 4 members (excludes halogenated alkanes) is 5. The predicted octanol–water partition coefficient (Wildman–Crippen LogP) is 6.59. The number of piperazine rings is 1. The number of nitrogens with zero attached hydrogens (tertiary/aromatic N) is 10. The molecule has 1 aromatic carbocycles. The maximum absolute atomic E-state index is 15.1. The molecule has 0 unspecified atom stereocenters. The molecule has 4 aliphatic rings. The van der Waals surface area contributed by atoms with E-state index < -0.39 is 6.04 Å². The van der Waals surface area contributed by atoms with Gasteiger partial charge in [0.15, 0.2) is 17.2 Å². The predicted molar refractivity (Wildman–Crippen MR) is 244 cm³/mol. The summed E-state index contributed by atoms with van der Waals surface area (Å²) in [5.74, 6) is 1.48. The first-order valence-electron chi connectivity index (χ1n) is 23.6. The average Bonchev–Trinajstić information content (AvgIpc) is 3.93. The van der Waals surface area contributed by atoms with Gasteiger partial charge in [-0.15, -0.1) is 0 Å². The molecule has 5 aromatic rings. The van der Waals surface area contributed by atoms with Crippen molar-refractivity contribution in [2.75, 3.05) is 61.8 Å². The van der Waals surface area contributed by atoms with Crippen molar-refractivity contribution < 1.29 is 23.3 Å². The number of hydrogen-bond donors (Lipinski definition) is 3. The number of anilines is 3. The third kappa shape index (κ3) is 9.96. The molecule has 65 heavy (non-hydrogen) atoms. The van der Waals surface area contributed by atoms with Gasteiger partial charge >= 0.3 is 0 Å². The van der Waals surface area contributed by atoms with Crippen LogP contribution in [-0.2, 0) is 14.4 Å². The summed E-state index contributed by atoms with van der Waals surface area (Å²) in [6.45, 7) is 9.89. The van der Waals surface area contributed by atoms with Crippen molar-refractivity contribution in [3.05, 3.63) is 54.1 Å². The Balaban J connectivity index is 0.669. The van der Waals surface area contributed by atoms with Crippen molar-refractivity contribution in [2.45, 2.75) is 121 Å². The lowest BCUT2D eigenvalue weighted by atomic mass is 9.91. The van der Waals surface area contributed by atoms with Crippen LogP contribution in [0.25, 0.3) is 33.8 Å². The maximum atomic E-state index is 15.1. The number of imide groups is 1. The summed E-state index contributed by atoms with van der Waals surface area (Å²) in [6.07, 6.45) is 16.9. The zero-order chi connectivity index (χ0) is 45.0. The van der Waals surface area contributed by atoms with Crippen LogP contribution in [0, 0.1) is 5.82 Å². The second kappa shape index (κ2) is 19.6. The van der Waals surface area contributed by atoms with E-state index in [2.05, 4.69) is 35.6 Å². The van der Waals surface area contributed by atoms with Gasteiger partial charge in [0.25, 0.3) is 0 Å². The molecule has 0 bridgehead atoms. The van der Waals surface area contributed by atoms with Crippen molar-refractivity contribution in [1.82, 2.24) is 50.0 Å². The Kier molecular flexibility index (Phi) is 13.3. The highest BCUT2D eigenvalue weighted by molar-refractivity contribution is 6.02. The van der Waals surface area contributed by atoms with E-state index in [-0.39, 0.29) is 47.8 Å². The fourth-order valence-electron chi connectivity index (χ4n) is 9.54. The molecule has 4 aromatic heterocycles. The Hall–Kier alpha value is -6.04. The van der Waals surface area contributed by atoms with E-state index in [0.29, 0.717) is 58.3 Å². The van der Waals surface area contributed by atoms with Crippen LogP contribution in [0.1, 0.15) is 127 Å². The number of carbonyl (C=O) groups excluding carboxylic acids is 3. The number of piperidine rings is 2. The van der Waals surface area contributed by atoms with E-state index in [0.717, 1.165) is 127 Å². The molecule has 1 saturated carbocycles. The molecule has 344 valence electrons. The van der Waals surface area contributed by atoms with Gasteiger partial charge in [-0.05, 0) is 95.0 Å². The molecule has 17 nitrogen and oxygen atoms in total. The summed E-state index contributed by atoms with van der Waals surface area (Å²) < 4.78 is 22.9. The van der Waals surface area contributed by atoms with Crippen molar-refractivity contribution in [1.29, 1.82) is 0 Å². The Labute approximate surface area is 378 Å². The number of halogens is 1. The van der Waals surface area contributed by atoms with E-state index in [9.17, 15) is 14.4 Å². The maximum Gasteiger partial charge on any atom is 0.249 e. The second-order valence-corrected chi connectivity index (χ2v) is 18.4. The van der Waals surface area contributed by atoms with Gasteiger partial charge < -0.3 is 25.4 Å². The monoisotopic (exact) mass is 889 g/mol. The number of nitrogen functional groups attached to an aromatic ring is 1. The largest absolute Gasteiger partial charge is 0.383 e. The zero-order valence-electron chi connectivity index (χ0n) is 37.5. The number of nitrogens with two attached hydrogens (primary N) is 1. The van der Waals surface area contributed by atoms with Gasteiger partial charge in [0.05, 0.1) is 16.6 Å². The van der Waals surface area contributed by atoms with Crippen LogP contribution < -0.4 is 21.3 Å². The van der Waals surface area contributed by atoms with Crippen molar-refractivity contribution in [3.63, 3.8) is 0 Å². The molecule has 7 heterocycles. The van der Waals surface area contributed by atoms with E-state index in [1.165, 1.54) is 12.4 Å². The van der Waals surface area contributed by atoms with Gasteiger partial charge in [0, 0.05) is 82.2 Å². The number of carbonyl (C=O) groups is 3. The third-order valence-corrected chi connectivity index (χ3v) is 13.5. The number of hydrogen-bond acceptors (Lipinski definition) is 14. The number of amides is 3. The molecule has 3 saturated heterocycles. The fourth-order valence-corrected chi connectivity index (χ4v) is 9.54. The Morgan fingerprint density at radius 2 is 1.63 bits per heavy atom. The lowest BCUT2D eigenvalue weighted by molar-refractivity contribution is -0.134. The summed E-state index contributed by atoms with van der Waals surface area (Å²) in [4.78, 5) is 61.7. The molecule has 3 aliphatic heterocycles. The van der Waals surface area contributed by atoms with Gasteiger partial charge in [-0.2, -0.15) is 5.10 Å². The van der Waals surface area contributed by atoms with E-state index in [4.69, 9.17) is 25.3 Å². The quantitative estimate of drug-likeness (QED) is 0.0665. The highest BCUT2D eigenvalue weighted by Crippen LogP contribution is 2.48. The molecule has 4 N–H and O–H groups in total. The van der Waals surface area contributed by atoms with E-state index in [1.807, 2.05) is 35.8 Å². The van der Waals surface area contributed by atoms with Crippen molar-refractivity contribution in [2.24, 2.45) is 0 Å². The second-order valence-electron chi connectivity index (χ2n) is 18.4.